The number of hydrogen-bond donors (Lipinski definition) is 0. The van der Waals surface area contributed by atoms with E-state index in [1.165, 1.54) is 18.2 Å². The van der Waals surface area contributed by atoms with Gasteiger partial charge in [0.1, 0.15) is 28.6 Å². The summed E-state index contributed by atoms with van der Waals surface area (Å²) < 4.78 is 22.0. The molecular weight excluding hydrogens is 420 g/mol. The van der Waals surface area contributed by atoms with Gasteiger partial charge < -0.3 is 18.6 Å². The summed E-state index contributed by atoms with van der Waals surface area (Å²) in [6, 6.07) is 17.8. The smallest absolute Gasteiger partial charge is 0.343 e. The Balaban J connectivity index is 1.62. The molecule has 0 aliphatic heterocycles. The number of rotatable bonds is 5. The lowest BCUT2D eigenvalue weighted by molar-refractivity contribution is 0.0735. The summed E-state index contributed by atoms with van der Waals surface area (Å²) in [5, 5.41) is 0.826. The highest BCUT2D eigenvalue weighted by atomic mass is 35.5. The first-order chi connectivity index (χ1) is 14.9. The Kier molecular flexibility index (Phi) is 5.64. The van der Waals surface area contributed by atoms with Gasteiger partial charge in [0.15, 0.2) is 0 Å². The van der Waals surface area contributed by atoms with Crippen LogP contribution >= 0.6 is 11.6 Å². The van der Waals surface area contributed by atoms with Gasteiger partial charge in [-0.25, -0.2) is 4.79 Å². The van der Waals surface area contributed by atoms with E-state index in [-0.39, 0.29) is 22.5 Å². The highest BCUT2D eigenvalue weighted by molar-refractivity contribution is 6.30. The summed E-state index contributed by atoms with van der Waals surface area (Å²) in [6.07, 6.45) is 0. The second kappa shape index (κ2) is 8.53. The molecule has 1 aromatic heterocycles. The maximum atomic E-state index is 12.9. The zero-order chi connectivity index (χ0) is 22.0. The number of esters is 1. The third-order valence-corrected chi connectivity index (χ3v) is 4.81. The number of hydrogen-bond acceptors (Lipinski definition) is 6. The third-order valence-electron chi connectivity index (χ3n) is 4.56. The number of carbonyl (C=O) groups excluding carboxylic acids is 1. The van der Waals surface area contributed by atoms with Crippen molar-refractivity contribution < 1.29 is 23.4 Å². The zero-order valence-corrected chi connectivity index (χ0v) is 17.4. The number of carbonyl (C=O) groups is 1. The molecule has 0 unspecified atom stereocenters. The molecule has 0 amide bonds. The molecule has 4 rings (SSSR count). The lowest BCUT2D eigenvalue weighted by Gasteiger charge is -2.10. The van der Waals surface area contributed by atoms with Crippen LogP contribution in [-0.2, 0) is 0 Å². The van der Waals surface area contributed by atoms with Crippen molar-refractivity contribution in [2.24, 2.45) is 0 Å². The van der Waals surface area contributed by atoms with Crippen LogP contribution in [0.3, 0.4) is 0 Å². The number of ether oxygens (including phenoxy) is 3. The second-order valence-electron chi connectivity index (χ2n) is 6.65. The van der Waals surface area contributed by atoms with E-state index in [4.69, 9.17) is 30.2 Å². The normalized spacial score (nSPS) is 10.7. The molecule has 6 nitrogen and oxygen atoms in total. The zero-order valence-electron chi connectivity index (χ0n) is 16.7. The van der Waals surface area contributed by atoms with Gasteiger partial charge in [-0.3, -0.25) is 4.79 Å². The molecule has 3 aromatic carbocycles. The van der Waals surface area contributed by atoms with Crippen LogP contribution < -0.4 is 19.6 Å². The minimum absolute atomic E-state index is 0.0866. The van der Waals surface area contributed by atoms with E-state index in [2.05, 4.69) is 0 Å². The highest BCUT2D eigenvalue weighted by Crippen LogP contribution is 2.28. The molecule has 0 N–H and O–H groups in total. The van der Waals surface area contributed by atoms with Crippen molar-refractivity contribution in [1.82, 2.24) is 0 Å². The molecule has 0 radical (unpaired) electrons. The fourth-order valence-corrected chi connectivity index (χ4v) is 3.09. The van der Waals surface area contributed by atoms with Crippen LogP contribution in [0, 0.1) is 6.92 Å². The van der Waals surface area contributed by atoms with Gasteiger partial charge in [-0.15, -0.1) is 0 Å². The number of halogens is 1. The van der Waals surface area contributed by atoms with Crippen LogP contribution in [0.5, 0.6) is 23.0 Å². The largest absolute Gasteiger partial charge is 0.497 e. The topological polar surface area (TPSA) is 75.0 Å². The molecular formula is C24H17ClO6. The first kappa shape index (κ1) is 20.5. The molecule has 0 aliphatic carbocycles. The number of methoxy groups -OCH3 is 1. The molecule has 0 spiro atoms. The molecule has 4 aromatic rings. The van der Waals surface area contributed by atoms with Gasteiger partial charge in [0.05, 0.1) is 18.1 Å². The van der Waals surface area contributed by atoms with Crippen molar-refractivity contribution in [1.29, 1.82) is 0 Å². The maximum Gasteiger partial charge on any atom is 0.343 e. The van der Waals surface area contributed by atoms with Crippen molar-refractivity contribution in [3.63, 3.8) is 0 Å². The van der Waals surface area contributed by atoms with Gasteiger partial charge in [0, 0.05) is 11.1 Å². The number of fused-ring (bicyclic) bond motifs is 1. The van der Waals surface area contributed by atoms with Gasteiger partial charge in [-0.1, -0.05) is 11.6 Å². The van der Waals surface area contributed by atoms with Crippen molar-refractivity contribution in [3.05, 3.63) is 93.3 Å². The highest BCUT2D eigenvalue weighted by Gasteiger charge is 2.16. The van der Waals surface area contributed by atoms with Crippen LogP contribution in [0.1, 0.15) is 16.1 Å². The van der Waals surface area contributed by atoms with Crippen LogP contribution in [0.25, 0.3) is 11.0 Å². The van der Waals surface area contributed by atoms with Gasteiger partial charge in [0.2, 0.25) is 11.2 Å². The molecule has 0 atom stereocenters. The lowest BCUT2D eigenvalue weighted by Crippen LogP contribution is -2.10. The molecule has 156 valence electrons. The molecule has 0 fully saturated rings. The SMILES string of the molecule is COc1ccc(Oc2c(C)oc3cc(OC(=O)c4ccc(Cl)cc4)ccc3c2=O)cc1. The molecule has 0 saturated carbocycles. The fourth-order valence-electron chi connectivity index (χ4n) is 2.96. The first-order valence-corrected chi connectivity index (χ1v) is 9.69. The Labute approximate surface area is 182 Å². The Morgan fingerprint density at radius 2 is 1.55 bits per heavy atom. The summed E-state index contributed by atoms with van der Waals surface area (Å²) in [5.74, 6) is 1.24. The predicted octanol–water partition coefficient (Wildman–Crippen LogP) is 5.77. The van der Waals surface area contributed by atoms with E-state index < -0.39 is 5.97 Å². The van der Waals surface area contributed by atoms with Crippen molar-refractivity contribution in [2.75, 3.05) is 7.11 Å². The summed E-state index contributed by atoms with van der Waals surface area (Å²) in [5.41, 5.74) is 0.307. The van der Waals surface area contributed by atoms with E-state index in [1.54, 1.807) is 62.6 Å². The average Bonchev–Trinajstić information content (AvgIpc) is 2.77. The van der Waals surface area contributed by atoms with Gasteiger partial charge in [-0.2, -0.15) is 0 Å². The van der Waals surface area contributed by atoms with Gasteiger partial charge in [-0.05, 0) is 67.6 Å². The Morgan fingerprint density at radius 3 is 2.23 bits per heavy atom. The van der Waals surface area contributed by atoms with Crippen LogP contribution in [-0.4, -0.2) is 13.1 Å². The quantitative estimate of drug-likeness (QED) is 0.292. The average molecular weight is 437 g/mol. The van der Waals surface area contributed by atoms with Crippen molar-refractivity contribution >= 4 is 28.5 Å². The summed E-state index contributed by atoms with van der Waals surface area (Å²) in [4.78, 5) is 25.2. The summed E-state index contributed by atoms with van der Waals surface area (Å²) in [6.45, 7) is 1.63. The predicted molar refractivity (Wildman–Crippen MR) is 117 cm³/mol. The Bertz CT molecular complexity index is 1310. The number of aryl methyl sites for hydroxylation is 1. The fraction of sp³-hybridized carbons (Fsp3) is 0.0833. The minimum Gasteiger partial charge on any atom is -0.497 e. The molecule has 0 aliphatic rings. The van der Waals surface area contributed by atoms with E-state index in [0.717, 1.165) is 0 Å². The van der Waals surface area contributed by atoms with E-state index >= 15 is 0 Å². The summed E-state index contributed by atoms with van der Waals surface area (Å²) >= 11 is 5.84. The van der Waals surface area contributed by atoms with Gasteiger partial charge >= 0.3 is 5.97 Å². The standard InChI is InChI=1S/C24H17ClO6/c1-14-23(30-18-9-7-17(28-2)8-10-18)22(26)20-12-11-19(13-21(20)29-14)31-24(27)15-3-5-16(25)6-4-15/h3-13H,1-2H3. The molecule has 31 heavy (non-hydrogen) atoms. The monoisotopic (exact) mass is 436 g/mol. The summed E-state index contributed by atoms with van der Waals surface area (Å²) in [7, 11) is 1.57. The molecule has 0 saturated heterocycles. The van der Waals surface area contributed by atoms with Crippen molar-refractivity contribution in [2.45, 2.75) is 6.92 Å². The maximum absolute atomic E-state index is 12.9. The number of benzene rings is 3. The van der Waals surface area contributed by atoms with Crippen LogP contribution in [0.4, 0.5) is 0 Å². The van der Waals surface area contributed by atoms with Crippen LogP contribution in [0.2, 0.25) is 5.02 Å². The van der Waals surface area contributed by atoms with Crippen molar-refractivity contribution in [3.8, 4) is 23.0 Å². The molecule has 7 heteroatoms. The molecule has 0 bridgehead atoms. The third kappa shape index (κ3) is 4.39. The minimum atomic E-state index is -0.547. The van der Waals surface area contributed by atoms with E-state index in [0.29, 0.717) is 33.2 Å². The first-order valence-electron chi connectivity index (χ1n) is 9.32. The molecule has 1 heterocycles. The Hall–Kier alpha value is -3.77. The Morgan fingerprint density at radius 1 is 0.903 bits per heavy atom. The second-order valence-corrected chi connectivity index (χ2v) is 7.08. The van der Waals surface area contributed by atoms with E-state index in [9.17, 15) is 9.59 Å². The van der Waals surface area contributed by atoms with E-state index in [1.807, 2.05) is 0 Å². The lowest BCUT2D eigenvalue weighted by atomic mass is 10.2. The van der Waals surface area contributed by atoms with Crippen LogP contribution in [0.15, 0.2) is 75.9 Å². The van der Waals surface area contributed by atoms with Gasteiger partial charge in [0.25, 0.3) is 0 Å².